The van der Waals surface area contributed by atoms with Crippen LogP contribution < -0.4 is 0 Å². The number of benzene rings is 2. The summed E-state index contributed by atoms with van der Waals surface area (Å²) in [5, 5.41) is 4.80. The Morgan fingerprint density at radius 2 is 1.89 bits per heavy atom. The van der Waals surface area contributed by atoms with Crippen molar-refractivity contribution in [2.75, 3.05) is 19.6 Å². The van der Waals surface area contributed by atoms with Crippen LogP contribution in [0.5, 0.6) is 0 Å². The predicted molar refractivity (Wildman–Crippen MR) is 141 cm³/mol. The molecule has 2 aromatic carbocycles. The van der Waals surface area contributed by atoms with Crippen LogP contribution in [0.25, 0.3) is 17.0 Å². The molecule has 4 aliphatic heterocycles. The number of rotatable bonds is 4. The Hall–Kier alpha value is -2.82. The van der Waals surface area contributed by atoms with E-state index in [-0.39, 0.29) is 34.3 Å². The zero-order valence-corrected chi connectivity index (χ0v) is 21.8. The molecule has 3 aromatic rings. The van der Waals surface area contributed by atoms with Crippen LogP contribution in [0.2, 0.25) is 5.02 Å². The Morgan fingerprint density at radius 1 is 1.11 bits per heavy atom. The van der Waals surface area contributed by atoms with Crippen LogP contribution in [0.1, 0.15) is 36.0 Å². The third-order valence-corrected chi connectivity index (χ3v) is 8.75. The van der Waals surface area contributed by atoms with Gasteiger partial charge in [-0.3, -0.25) is 19.2 Å². The van der Waals surface area contributed by atoms with E-state index in [2.05, 4.69) is 10.00 Å². The maximum absolute atomic E-state index is 13.5. The second kappa shape index (κ2) is 9.73. The SMILES string of the molecule is O=C1SC(=Cc2ccc3c(cnn3Cc3ccc(Cl)cc3C(F)(F)F)c2)C(=O)N1C1CC2CCN(CC2)C1. The summed E-state index contributed by atoms with van der Waals surface area (Å²) in [5.41, 5.74) is 0.642. The highest BCUT2D eigenvalue weighted by atomic mass is 35.5. The Kier molecular flexibility index (Phi) is 6.52. The lowest BCUT2D eigenvalue weighted by Crippen LogP contribution is -2.44. The van der Waals surface area contributed by atoms with Gasteiger partial charge in [-0.15, -0.1) is 0 Å². The Balaban J connectivity index is 1.24. The number of aromatic nitrogens is 2. The molecule has 0 saturated carbocycles. The molecule has 4 aliphatic rings. The number of nitrogens with zero attached hydrogens (tertiary/aromatic N) is 4. The molecule has 2 amide bonds. The molecule has 4 saturated heterocycles. The van der Waals surface area contributed by atoms with Crippen molar-refractivity contribution in [1.29, 1.82) is 0 Å². The molecule has 1 aromatic heterocycles. The van der Waals surface area contributed by atoms with Gasteiger partial charge < -0.3 is 4.90 Å². The topological polar surface area (TPSA) is 58.4 Å². The van der Waals surface area contributed by atoms with Crippen molar-refractivity contribution in [3.05, 3.63) is 69.2 Å². The van der Waals surface area contributed by atoms with E-state index in [1.54, 1.807) is 24.4 Å². The largest absolute Gasteiger partial charge is 0.416 e. The Morgan fingerprint density at radius 3 is 2.66 bits per heavy atom. The van der Waals surface area contributed by atoms with Crippen molar-refractivity contribution in [3.63, 3.8) is 0 Å². The number of halogens is 4. The third-order valence-electron chi connectivity index (χ3n) is 7.63. The van der Waals surface area contributed by atoms with Crippen molar-refractivity contribution in [2.45, 2.75) is 38.0 Å². The number of carbonyl (C=O) groups excluding carboxylic acids is 2. The number of amides is 2. The van der Waals surface area contributed by atoms with Gasteiger partial charge in [0.05, 0.1) is 34.8 Å². The maximum atomic E-state index is 13.5. The van der Waals surface area contributed by atoms with Gasteiger partial charge in [0, 0.05) is 17.0 Å². The molecule has 1 unspecified atom stereocenters. The van der Waals surface area contributed by atoms with Crippen LogP contribution in [0.15, 0.2) is 47.5 Å². The average Bonchev–Trinajstić information content (AvgIpc) is 3.21. The first-order valence-electron chi connectivity index (χ1n) is 12.5. The summed E-state index contributed by atoms with van der Waals surface area (Å²) >= 11 is 6.76. The average molecular weight is 561 g/mol. The number of hydrogen-bond acceptors (Lipinski definition) is 5. The van der Waals surface area contributed by atoms with Gasteiger partial charge in [-0.05, 0) is 91.5 Å². The van der Waals surface area contributed by atoms with Crippen molar-refractivity contribution in [2.24, 2.45) is 5.92 Å². The smallest absolute Gasteiger partial charge is 0.301 e. The number of alkyl halides is 3. The number of carbonyl (C=O) groups is 2. The van der Waals surface area contributed by atoms with E-state index in [0.717, 1.165) is 62.3 Å². The van der Waals surface area contributed by atoms with Gasteiger partial charge in [-0.1, -0.05) is 23.7 Å². The monoisotopic (exact) mass is 560 g/mol. The molecular weight excluding hydrogens is 537 g/mol. The summed E-state index contributed by atoms with van der Waals surface area (Å²) in [6.07, 6.45) is 1.84. The third kappa shape index (κ3) is 4.85. The minimum Gasteiger partial charge on any atom is -0.301 e. The number of piperidine rings is 1. The predicted octanol–water partition coefficient (Wildman–Crippen LogP) is 6.28. The molecule has 0 spiro atoms. The van der Waals surface area contributed by atoms with Gasteiger partial charge in [0.15, 0.2) is 0 Å². The highest BCUT2D eigenvalue weighted by Gasteiger charge is 2.43. The fraction of sp³-hybridized carbons (Fsp3) is 0.370. The first-order valence-corrected chi connectivity index (χ1v) is 13.7. The molecule has 4 fully saturated rings. The van der Waals surface area contributed by atoms with Gasteiger partial charge in [-0.25, -0.2) is 0 Å². The van der Waals surface area contributed by atoms with E-state index in [9.17, 15) is 22.8 Å². The fourth-order valence-corrected chi connectivity index (χ4v) is 6.80. The van der Waals surface area contributed by atoms with Gasteiger partial charge in [0.2, 0.25) is 0 Å². The maximum Gasteiger partial charge on any atom is 0.416 e. The minimum atomic E-state index is -4.53. The standard InChI is InChI=1S/C27H24ClF3N4O2S/c28-20-3-2-18(22(12-20)27(29,30)31)14-34-23-4-1-17(9-19(23)13-32-34)11-24-25(36)35(26(37)38-24)21-10-16-5-7-33(15-21)8-6-16/h1-4,9,11-13,16,21H,5-8,10,14-15H2. The summed E-state index contributed by atoms with van der Waals surface area (Å²) in [4.78, 5) is 30.3. The summed E-state index contributed by atoms with van der Waals surface area (Å²) in [6.45, 7) is 2.71. The summed E-state index contributed by atoms with van der Waals surface area (Å²) in [7, 11) is 0. The van der Waals surface area contributed by atoms with Crippen LogP contribution >= 0.6 is 23.4 Å². The van der Waals surface area contributed by atoms with E-state index in [1.165, 1.54) is 21.7 Å². The molecule has 7 rings (SSSR count). The lowest BCUT2D eigenvalue weighted by Gasteiger charge is -2.27. The molecule has 0 aliphatic carbocycles. The molecule has 6 nitrogen and oxygen atoms in total. The molecule has 5 heterocycles. The Bertz CT molecular complexity index is 1450. The summed E-state index contributed by atoms with van der Waals surface area (Å²) in [5.74, 6) is 0.294. The lowest BCUT2D eigenvalue weighted by molar-refractivity contribution is -0.138. The minimum absolute atomic E-state index is 0.0179. The second-order valence-electron chi connectivity index (χ2n) is 10.1. The first kappa shape index (κ1) is 25.5. The van der Waals surface area contributed by atoms with Gasteiger partial charge in [0.1, 0.15) is 0 Å². The van der Waals surface area contributed by atoms with Crippen LogP contribution in [-0.4, -0.2) is 56.4 Å². The molecule has 11 heteroatoms. The lowest BCUT2D eigenvalue weighted by atomic mass is 9.93. The van der Waals surface area contributed by atoms with Gasteiger partial charge in [0.25, 0.3) is 11.1 Å². The second-order valence-corrected chi connectivity index (χ2v) is 11.5. The van der Waals surface area contributed by atoms with Crippen molar-refractivity contribution < 1.29 is 22.8 Å². The van der Waals surface area contributed by atoms with Crippen molar-refractivity contribution in [1.82, 2.24) is 19.6 Å². The van der Waals surface area contributed by atoms with Crippen molar-refractivity contribution >= 4 is 51.5 Å². The zero-order chi connectivity index (χ0) is 26.6. The number of fused-ring (bicyclic) bond motifs is 5. The fourth-order valence-electron chi connectivity index (χ4n) is 5.73. The molecule has 0 N–H and O–H groups in total. The molecular formula is C27H24ClF3N4O2S. The van der Waals surface area contributed by atoms with Crippen LogP contribution in [0.4, 0.5) is 18.0 Å². The Labute approximate surface area is 226 Å². The molecule has 0 radical (unpaired) electrons. The van der Waals surface area contributed by atoms with Gasteiger partial charge >= 0.3 is 6.18 Å². The van der Waals surface area contributed by atoms with Crippen LogP contribution in [0.3, 0.4) is 0 Å². The van der Waals surface area contributed by atoms with E-state index >= 15 is 0 Å². The van der Waals surface area contributed by atoms with E-state index < -0.39 is 11.7 Å². The summed E-state index contributed by atoms with van der Waals surface area (Å²) < 4.78 is 42.1. The highest BCUT2D eigenvalue weighted by Crippen LogP contribution is 2.38. The van der Waals surface area contributed by atoms with Crippen LogP contribution in [0, 0.1) is 5.92 Å². The normalized spacial score (nSPS) is 25.1. The molecule has 198 valence electrons. The number of imide groups is 1. The first-order chi connectivity index (χ1) is 18.2. The zero-order valence-electron chi connectivity index (χ0n) is 20.2. The quantitative estimate of drug-likeness (QED) is 0.352. The van der Waals surface area contributed by atoms with Gasteiger partial charge in [-0.2, -0.15) is 18.3 Å². The molecule has 1 atom stereocenters. The number of thioether (sulfide) groups is 1. The molecule has 38 heavy (non-hydrogen) atoms. The highest BCUT2D eigenvalue weighted by molar-refractivity contribution is 8.18. The van der Waals surface area contributed by atoms with Crippen molar-refractivity contribution in [3.8, 4) is 0 Å². The van der Waals surface area contributed by atoms with E-state index in [1.807, 2.05) is 6.07 Å². The van der Waals surface area contributed by atoms with E-state index in [4.69, 9.17) is 11.6 Å². The number of hydrogen-bond donors (Lipinski definition) is 0. The van der Waals surface area contributed by atoms with Crippen LogP contribution in [-0.2, 0) is 17.5 Å². The molecule has 2 bridgehead atoms. The summed E-state index contributed by atoms with van der Waals surface area (Å²) in [6, 6.07) is 8.97. The van der Waals surface area contributed by atoms with E-state index in [0.29, 0.717) is 21.7 Å².